The smallest absolute Gasteiger partial charge is 0.406 e. The lowest BCUT2D eigenvalue weighted by molar-refractivity contribution is -0.274. The van der Waals surface area contributed by atoms with Gasteiger partial charge < -0.3 is 15.0 Å². The zero-order valence-electron chi connectivity index (χ0n) is 14.4. The van der Waals surface area contributed by atoms with Crippen LogP contribution in [0.2, 0.25) is 0 Å². The largest absolute Gasteiger partial charge is 0.573 e. The molecule has 0 radical (unpaired) electrons. The van der Waals surface area contributed by atoms with Gasteiger partial charge in [0.2, 0.25) is 5.91 Å². The van der Waals surface area contributed by atoms with E-state index in [0.717, 1.165) is 16.7 Å². The van der Waals surface area contributed by atoms with Crippen molar-refractivity contribution in [1.29, 1.82) is 0 Å². The van der Waals surface area contributed by atoms with E-state index in [-0.39, 0.29) is 11.1 Å². The summed E-state index contributed by atoms with van der Waals surface area (Å²) < 4.78 is 41.0. The maximum Gasteiger partial charge on any atom is 0.573 e. The fourth-order valence-corrected chi connectivity index (χ4v) is 2.63. The van der Waals surface area contributed by atoms with Crippen LogP contribution in [0.25, 0.3) is 10.9 Å². The minimum absolute atomic E-state index is 0.177. The van der Waals surface area contributed by atoms with Gasteiger partial charge in [0.25, 0.3) is 5.56 Å². The average Bonchev–Trinajstić information content (AvgIpc) is 2.62. The second kappa shape index (κ2) is 7.22. The Morgan fingerprint density at radius 1 is 1.11 bits per heavy atom. The highest BCUT2D eigenvalue weighted by Crippen LogP contribution is 2.24. The first-order chi connectivity index (χ1) is 13.2. The molecule has 1 atom stereocenters. The number of aromatic amines is 1. The van der Waals surface area contributed by atoms with Crippen molar-refractivity contribution in [3.63, 3.8) is 0 Å². The van der Waals surface area contributed by atoms with Gasteiger partial charge >= 0.3 is 12.1 Å². The molecule has 1 amide bonds. The highest BCUT2D eigenvalue weighted by molar-refractivity contribution is 5.93. The zero-order valence-corrected chi connectivity index (χ0v) is 14.4. The molecule has 0 spiro atoms. The molecule has 0 unspecified atom stereocenters. The molecule has 2 aromatic carbocycles. The molecule has 0 fully saturated rings. The molecule has 2 N–H and O–H groups in total. The molecule has 0 aliphatic carbocycles. The van der Waals surface area contributed by atoms with Gasteiger partial charge in [-0.1, -0.05) is 12.1 Å². The highest BCUT2D eigenvalue weighted by atomic mass is 19.4. The van der Waals surface area contributed by atoms with Crippen molar-refractivity contribution in [2.45, 2.75) is 19.3 Å². The lowest BCUT2D eigenvalue weighted by Crippen LogP contribution is -2.41. The number of carbonyl (C=O) groups is 1. The summed E-state index contributed by atoms with van der Waals surface area (Å²) in [5, 5.41) is 2.69. The minimum atomic E-state index is -4.82. The van der Waals surface area contributed by atoms with Gasteiger partial charge in [0, 0.05) is 5.69 Å². The summed E-state index contributed by atoms with van der Waals surface area (Å²) in [7, 11) is 0. The van der Waals surface area contributed by atoms with Gasteiger partial charge in [-0.3, -0.25) is 9.59 Å². The van der Waals surface area contributed by atoms with Crippen molar-refractivity contribution in [2.24, 2.45) is 0 Å². The predicted octanol–water partition coefficient (Wildman–Crippen LogP) is 2.79. The van der Waals surface area contributed by atoms with Crippen LogP contribution in [0.3, 0.4) is 0 Å². The molecular weight excluding hydrogens is 379 g/mol. The third kappa shape index (κ3) is 4.05. The second-order valence-electron chi connectivity index (χ2n) is 5.89. The van der Waals surface area contributed by atoms with E-state index in [1.165, 1.54) is 25.1 Å². The molecule has 0 aliphatic rings. The number of halogens is 3. The van der Waals surface area contributed by atoms with E-state index in [1.807, 2.05) is 0 Å². The molecule has 1 heterocycles. The number of anilines is 1. The molecule has 0 saturated carbocycles. The van der Waals surface area contributed by atoms with Crippen LogP contribution in [-0.2, 0) is 4.79 Å². The lowest BCUT2D eigenvalue weighted by atomic mass is 10.2. The Morgan fingerprint density at radius 2 is 1.75 bits per heavy atom. The number of hydrogen-bond donors (Lipinski definition) is 2. The molecule has 1 aromatic heterocycles. The van der Waals surface area contributed by atoms with Crippen molar-refractivity contribution in [3.8, 4) is 5.75 Å². The number of aromatic nitrogens is 2. The first-order valence-electron chi connectivity index (χ1n) is 8.06. The average molecular weight is 393 g/mol. The Kier molecular flexibility index (Phi) is 4.95. The van der Waals surface area contributed by atoms with Crippen molar-refractivity contribution in [1.82, 2.24) is 9.55 Å². The normalized spacial score (nSPS) is 12.6. The third-order valence-corrected chi connectivity index (χ3v) is 3.96. The van der Waals surface area contributed by atoms with Crippen LogP contribution in [0.1, 0.15) is 13.0 Å². The summed E-state index contributed by atoms with van der Waals surface area (Å²) in [5.41, 5.74) is -0.852. The number of nitrogens with one attached hydrogen (secondary N) is 2. The Hall–Kier alpha value is -3.56. The van der Waals surface area contributed by atoms with E-state index in [9.17, 15) is 27.6 Å². The van der Waals surface area contributed by atoms with Crippen LogP contribution in [-0.4, -0.2) is 21.8 Å². The fraction of sp³-hybridized carbons (Fsp3) is 0.167. The summed E-state index contributed by atoms with van der Waals surface area (Å²) in [6.07, 6.45) is -4.82. The number of fused-ring (bicyclic) bond motifs is 1. The molecule has 0 bridgehead atoms. The number of ether oxygens (including phenoxy) is 1. The van der Waals surface area contributed by atoms with Gasteiger partial charge in [0.1, 0.15) is 11.8 Å². The van der Waals surface area contributed by atoms with E-state index in [4.69, 9.17) is 0 Å². The summed E-state index contributed by atoms with van der Waals surface area (Å²) >= 11 is 0. The number of amides is 1. The molecule has 7 nitrogen and oxygen atoms in total. The minimum Gasteiger partial charge on any atom is -0.406 e. The number of carbonyl (C=O) groups excluding carboxylic acids is 1. The van der Waals surface area contributed by atoms with Crippen LogP contribution in [0.4, 0.5) is 18.9 Å². The summed E-state index contributed by atoms with van der Waals surface area (Å²) in [6, 6.07) is 9.69. The van der Waals surface area contributed by atoms with Crippen LogP contribution in [0.15, 0.2) is 58.1 Å². The highest BCUT2D eigenvalue weighted by Gasteiger charge is 2.31. The number of H-pyrrole nitrogens is 1. The standard InChI is InChI=1S/C18H14F3N3O4/c1-10(24-16(26)13-4-2-3-5-14(13)23-17(24)27)15(25)22-11-6-8-12(9-7-11)28-18(19,20)21/h2-10H,1H3,(H,22,25)(H,23,27)/t10-/m0/s1. The van der Waals surface area contributed by atoms with Gasteiger partial charge in [-0.05, 0) is 43.3 Å². The Morgan fingerprint density at radius 3 is 2.39 bits per heavy atom. The third-order valence-electron chi connectivity index (χ3n) is 3.96. The number of rotatable bonds is 4. The molecule has 0 saturated heterocycles. The molecule has 28 heavy (non-hydrogen) atoms. The summed E-state index contributed by atoms with van der Waals surface area (Å²) in [5.74, 6) is -1.13. The predicted molar refractivity (Wildman–Crippen MR) is 95.3 cm³/mol. The lowest BCUT2D eigenvalue weighted by Gasteiger charge is -2.15. The fourth-order valence-electron chi connectivity index (χ4n) is 2.63. The van der Waals surface area contributed by atoms with Crippen LogP contribution in [0.5, 0.6) is 5.75 Å². The summed E-state index contributed by atoms with van der Waals surface area (Å²) in [4.78, 5) is 39.8. The molecule has 0 aliphatic heterocycles. The van der Waals surface area contributed by atoms with Gasteiger partial charge in [0.05, 0.1) is 10.9 Å². The number of nitrogens with zero attached hydrogens (tertiary/aromatic N) is 1. The van der Waals surface area contributed by atoms with Crippen LogP contribution >= 0.6 is 0 Å². The molecule has 146 valence electrons. The van der Waals surface area contributed by atoms with Gasteiger partial charge in [-0.15, -0.1) is 13.2 Å². The quantitative estimate of drug-likeness (QED) is 0.713. The van der Waals surface area contributed by atoms with E-state index >= 15 is 0 Å². The number of para-hydroxylation sites is 1. The van der Waals surface area contributed by atoms with Gasteiger partial charge in [-0.25, -0.2) is 9.36 Å². The molecular formula is C18H14F3N3O4. The molecule has 3 rings (SSSR count). The van der Waals surface area contributed by atoms with Crippen LogP contribution in [0, 0.1) is 0 Å². The first kappa shape index (κ1) is 19.2. The zero-order chi connectivity index (χ0) is 20.5. The van der Waals surface area contributed by atoms with E-state index < -0.39 is 35.3 Å². The molecule has 10 heteroatoms. The Bertz CT molecular complexity index is 1130. The van der Waals surface area contributed by atoms with Gasteiger partial charge in [0.15, 0.2) is 0 Å². The second-order valence-corrected chi connectivity index (χ2v) is 5.89. The number of alkyl halides is 3. The monoisotopic (exact) mass is 393 g/mol. The Labute approximate surface area is 155 Å². The van der Waals surface area contributed by atoms with E-state index in [1.54, 1.807) is 18.2 Å². The maximum atomic E-state index is 12.6. The number of hydrogen-bond acceptors (Lipinski definition) is 4. The number of benzene rings is 2. The van der Waals surface area contributed by atoms with Crippen LogP contribution < -0.4 is 21.3 Å². The van der Waals surface area contributed by atoms with Crippen molar-refractivity contribution in [3.05, 3.63) is 69.4 Å². The Balaban J connectivity index is 1.83. The summed E-state index contributed by atoms with van der Waals surface area (Å²) in [6.45, 7) is 1.36. The van der Waals surface area contributed by atoms with Gasteiger partial charge in [-0.2, -0.15) is 0 Å². The molecule has 3 aromatic rings. The SMILES string of the molecule is C[C@@H](C(=O)Nc1ccc(OC(F)(F)F)cc1)n1c(=O)[nH]c2ccccc2c1=O. The first-order valence-corrected chi connectivity index (χ1v) is 8.06. The topological polar surface area (TPSA) is 93.2 Å². The van der Waals surface area contributed by atoms with Crippen molar-refractivity contribution >= 4 is 22.5 Å². The maximum absolute atomic E-state index is 12.6. The van der Waals surface area contributed by atoms with Crippen molar-refractivity contribution in [2.75, 3.05) is 5.32 Å². The van der Waals surface area contributed by atoms with E-state index in [0.29, 0.717) is 5.52 Å². The van der Waals surface area contributed by atoms with E-state index in [2.05, 4.69) is 15.0 Å². The van der Waals surface area contributed by atoms with Crippen molar-refractivity contribution < 1.29 is 22.7 Å².